The largest absolute Gasteiger partial charge is 0.500 e. The van der Waals surface area contributed by atoms with Crippen LogP contribution in [-0.4, -0.2) is 30.0 Å². The number of nitrogens with two attached hydrogens (primary N) is 1. The maximum Gasteiger partial charge on any atom is 0.320 e. The number of aliphatic carboxylic acids is 1. The minimum absolute atomic E-state index is 0.172. The fraction of sp³-hybridized carbons (Fsp3) is 0.455. The molecule has 1 rings (SSSR count). The molecule has 88 valence electrons. The molecule has 2 atom stereocenters. The lowest BCUT2D eigenvalue weighted by Gasteiger charge is -2.19. The molecule has 0 aromatic heterocycles. The van der Waals surface area contributed by atoms with E-state index in [4.69, 9.17) is 15.6 Å². The fourth-order valence-corrected chi connectivity index (χ4v) is 1.56. The number of carbonyl (C=O) groups excluding carboxylic acids is 1. The SMILES string of the molecule is COC1=CC=CCC1C(=O)CC(N)C(=O)O. The second kappa shape index (κ2) is 5.46. The van der Waals surface area contributed by atoms with E-state index in [0.29, 0.717) is 12.2 Å². The van der Waals surface area contributed by atoms with Crippen molar-refractivity contribution in [2.45, 2.75) is 18.9 Å². The van der Waals surface area contributed by atoms with Gasteiger partial charge in [-0.3, -0.25) is 9.59 Å². The average molecular weight is 225 g/mol. The highest BCUT2D eigenvalue weighted by atomic mass is 16.5. The molecule has 0 aliphatic heterocycles. The first-order valence-corrected chi connectivity index (χ1v) is 4.98. The molecule has 0 radical (unpaired) electrons. The lowest BCUT2D eigenvalue weighted by Crippen LogP contribution is -2.35. The van der Waals surface area contributed by atoms with Crippen molar-refractivity contribution in [1.82, 2.24) is 0 Å². The van der Waals surface area contributed by atoms with Crippen LogP contribution < -0.4 is 5.73 Å². The van der Waals surface area contributed by atoms with E-state index in [-0.39, 0.29) is 12.2 Å². The van der Waals surface area contributed by atoms with Crippen LogP contribution in [0, 0.1) is 5.92 Å². The number of rotatable bonds is 5. The number of ketones is 1. The zero-order valence-corrected chi connectivity index (χ0v) is 9.05. The topological polar surface area (TPSA) is 89.6 Å². The Morgan fingerprint density at radius 1 is 1.69 bits per heavy atom. The van der Waals surface area contributed by atoms with Gasteiger partial charge < -0.3 is 15.6 Å². The normalized spacial score (nSPS) is 21.1. The van der Waals surface area contributed by atoms with E-state index in [2.05, 4.69) is 0 Å². The van der Waals surface area contributed by atoms with Gasteiger partial charge in [-0.25, -0.2) is 0 Å². The van der Waals surface area contributed by atoms with E-state index < -0.39 is 17.9 Å². The minimum Gasteiger partial charge on any atom is -0.500 e. The van der Waals surface area contributed by atoms with Crippen molar-refractivity contribution in [2.75, 3.05) is 7.11 Å². The molecule has 5 heteroatoms. The van der Waals surface area contributed by atoms with E-state index >= 15 is 0 Å². The Morgan fingerprint density at radius 3 is 2.94 bits per heavy atom. The number of carbonyl (C=O) groups is 2. The van der Waals surface area contributed by atoms with Crippen LogP contribution >= 0.6 is 0 Å². The average Bonchev–Trinajstić information content (AvgIpc) is 2.28. The predicted octanol–water partition coefficient (Wildman–Crippen LogP) is 0.464. The number of methoxy groups -OCH3 is 1. The van der Waals surface area contributed by atoms with Crippen LogP contribution in [0.1, 0.15) is 12.8 Å². The van der Waals surface area contributed by atoms with Crippen molar-refractivity contribution >= 4 is 11.8 Å². The molecule has 0 saturated carbocycles. The van der Waals surface area contributed by atoms with E-state index in [9.17, 15) is 9.59 Å². The highest BCUT2D eigenvalue weighted by Gasteiger charge is 2.27. The third-order valence-electron chi connectivity index (χ3n) is 2.47. The van der Waals surface area contributed by atoms with Crippen LogP contribution in [0.4, 0.5) is 0 Å². The summed E-state index contributed by atoms with van der Waals surface area (Å²) in [6, 6.07) is -1.14. The smallest absolute Gasteiger partial charge is 0.320 e. The van der Waals surface area contributed by atoms with Gasteiger partial charge in [0, 0.05) is 6.42 Å². The summed E-state index contributed by atoms with van der Waals surface area (Å²) in [6.45, 7) is 0. The first kappa shape index (κ1) is 12.4. The third kappa shape index (κ3) is 2.93. The summed E-state index contributed by atoms with van der Waals surface area (Å²) in [5, 5.41) is 8.62. The fourth-order valence-electron chi connectivity index (χ4n) is 1.56. The van der Waals surface area contributed by atoms with Crippen LogP contribution in [0.25, 0.3) is 0 Å². The summed E-state index contributed by atoms with van der Waals surface area (Å²) in [6.07, 6.45) is 5.72. The summed E-state index contributed by atoms with van der Waals surface area (Å²) < 4.78 is 5.07. The van der Waals surface area contributed by atoms with Crippen molar-refractivity contribution in [1.29, 1.82) is 0 Å². The molecular weight excluding hydrogens is 210 g/mol. The Balaban J connectivity index is 2.64. The van der Waals surface area contributed by atoms with Gasteiger partial charge in [0.1, 0.15) is 17.6 Å². The number of carboxylic acids is 1. The first-order valence-electron chi connectivity index (χ1n) is 4.98. The number of carboxylic acid groups (broad SMARTS) is 1. The maximum absolute atomic E-state index is 11.8. The molecule has 3 N–H and O–H groups in total. The number of allylic oxidation sites excluding steroid dienone is 4. The van der Waals surface area contributed by atoms with E-state index in [0.717, 1.165) is 0 Å². The van der Waals surface area contributed by atoms with Crippen molar-refractivity contribution < 1.29 is 19.4 Å². The van der Waals surface area contributed by atoms with Crippen LogP contribution in [0.3, 0.4) is 0 Å². The van der Waals surface area contributed by atoms with E-state index in [1.54, 1.807) is 12.2 Å². The molecule has 1 aliphatic rings. The molecule has 0 heterocycles. The summed E-state index contributed by atoms with van der Waals surface area (Å²) in [5.74, 6) is -1.21. The first-order chi connectivity index (χ1) is 7.56. The molecule has 16 heavy (non-hydrogen) atoms. The molecule has 0 aromatic carbocycles. The monoisotopic (exact) mass is 225 g/mol. The van der Waals surface area contributed by atoms with E-state index in [1.807, 2.05) is 6.08 Å². The molecule has 0 bridgehead atoms. The minimum atomic E-state index is -1.16. The Morgan fingerprint density at radius 2 is 2.38 bits per heavy atom. The third-order valence-corrected chi connectivity index (χ3v) is 2.47. The van der Waals surface area contributed by atoms with Crippen molar-refractivity contribution in [3.8, 4) is 0 Å². The van der Waals surface area contributed by atoms with Crippen molar-refractivity contribution in [2.24, 2.45) is 11.7 Å². The molecule has 0 spiro atoms. The van der Waals surface area contributed by atoms with Crippen molar-refractivity contribution in [3.05, 3.63) is 24.0 Å². The van der Waals surface area contributed by atoms with E-state index in [1.165, 1.54) is 7.11 Å². The van der Waals surface area contributed by atoms with Gasteiger partial charge in [-0.05, 0) is 12.5 Å². The molecule has 1 aliphatic carbocycles. The highest BCUT2D eigenvalue weighted by molar-refractivity contribution is 5.88. The number of hydrogen-bond acceptors (Lipinski definition) is 4. The van der Waals surface area contributed by atoms with Gasteiger partial charge in [-0.1, -0.05) is 12.2 Å². The van der Waals surface area contributed by atoms with Gasteiger partial charge in [-0.15, -0.1) is 0 Å². The van der Waals surface area contributed by atoms with Crippen LogP contribution in [-0.2, 0) is 14.3 Å². The number of Topliss-reactive ketones (excluding diaryl/α,β-unsaturated/α-hetero) is 1. The number of hydrogen-bond donors (Lipinski definition) is 2. The molecule has 2 unspecified atom stereocenters. The molecule has 0 fully saturated rings. The van der Waals surface area contributed by atoms with Gasteiger partial charge in [0.05, 0.1) is 13.0 Å². The molecule has 5 nitrogen and oxygen atoms in total. The van der Waals surface area contributed by atoms with Crippen LogP contribution in [0.2, 0.25) is 0 Å². The molecular formula is C11H15NO4. The Kier molecular flexibility index (Phi) is 4.25. The summed E-state index contributed by atoms with van der Waals surface area (Å²) >= 11 is 0. The predicted molar refractivity (Wildman–Crippen MR) is 57.6 cm³/mol. The Labute approximate surface area is 93.6 Å². The highest BCUT2D eigenvalue weighted by Crippen LogP contribution is 2.23. The quantitative estimate of drug-likeness (QED) is 0.709. The lowest BCUT2D eigenvalue weighted by atomic mass is 9.90. The standard InChI is InChI=1S/C11H15NO4/c1-16-10-5-3-2-4-7(10)9(13)6-8(12)11(14)15/h2-3,5,7-8H,4,6,12H2,1H3,(H,14,15). The zero-order chi connectivity index (χ0) is 12.1. The number of ether oxygens (including phenoxy) is 1. The van der Waals surface area contributed by atoms with Crippen LogP contribution in [0.5, 0.6) is 0 Å². The molecule has 0 saturated heterocycles. The maximum atomic E-state index is 11.8. The van der Waals surface area contributed by atoms with Gasteiger partial charge in [0.15, 0.2) is 0 Å². The molecule has 0 amide bonds. The second-order valence-corrected chi connectivity index (χ2v) is 3.60. The van der Waals surface area contributed by atoms with Gasteiger partial charge in [0.25, 0.3) is 0 Å². The Hall–Kier alpha value is -1.62. The Bertz CT molecular complexity index is 346. The summed E-state index contributed by atoms with van der Waals surface area (Å²) in [5.41, 5.74) is 5.31. The lowest BCUT2D eigenvalue weighted by molar-refractivity contribution is -0.140. The summed E-state index contributed by atoms with van der Waals surface area (Å²) in [4.78, 5) is 22.3. The van der Waals surface area contributed by atoms with Crippen molar-refractivity contribution in [3.63, 3.8) is 0 Å². The van der Waals surface area contributed by atoms with Gasteiger partial charge in [-0.2, -0.15) is 0 Å². The van der Waals surface area contributed by atoms with Gasteiger partial charge in [0.2, 0.25) is 0 Å². The second-order valence-electron chi connectivity index (χ2n) is 3.60. The summed E-state index contributed by atoms with van der Waals surface area (Å²) in [7, 11) is 1.49. The zero-order valence-electron chi connectivity index (χ0n) is 9.05. The van der Waals surface area contributed by atoms with Gasteiger partial charge >= 0.3 is 5.97 Å². The molecule has 0 aromatic rings. The van der Waals surface area contributed by atoms with Crippen LogP contribution in [0.15, 0.2) is 24.0 Å².